The Balaban J connectivity index is 2.48. The number of hydrogen-bond donors (Lipinski definition) is 3. The second-order valence-electron chi connectivity index (χ2n) is 4.05. The summed E-state index contributed by atoms with van der Waals surface area (Å²) in [7, 11) is 0. The molecule has 0 aromatic heterocycles. The maximum absolute atomic E-state index is 12.0. The van der Waals surface area contributed by atoms with E-state index in [1.54, 1.807) is 11.8 Å². The highest BCUT2D eigenvalue weighted by atomic mass is 32.2. The largest absolute Gasteiger partial charge is 0.352 e. The van der Waals surface area contributed by atoms with Gasteiger partial charge in [-0.25, -0.2) is 4.79 Å². The molecule has 0 fully saturated rings. The molecular formula is C13H19N3O2S. The number of nitrogens with two attached hydrogens (primary N) is 1. The zero-order valence-corrected chi connectivity index (χ0v) is 11.7. The van der Waals surface area contributed by atoms with E-state index >= 15 is 0 Å². The van der Waals surface area contributed by atoms with Crippen LogP contribution in [0.15, 0.2) is 30.3 Å². The molecule has 6 heteroatoms. The van der Waals surface area contributed by atoms with Crippen LogP contribution in [-0.4, -0.2) is 30.0 Å². The van der Waals surface area contributed by atoms with Crippen LogP contribution in [0.4, 0.5) is 4.79 Å². The standard InChI is InChI=1S/C13H19N3O2S/c1-19-8-7-11(16-13(14)18)12(17)15-9-10-5-3-2-4-6-10/h2-6,11H,7-9H2,1H3,(H,15,17)(H3,14,16,18). The Morgan fingerprint density at radius 2 is 2.00 bits per heavy atom. The second-order valence-corrected chi connectivity index (χ2v) is 5.03. The van der Waals surface area contributed by atoms with E-state index in [0.29, 0.717) is 13.0 Å². The van der Waals surface area contributed by atoms with Gasteiger partial charge in [0.1, 0.15) is 6.04 Å². The number of rotatable bonds is 7. The first-order valence-corrected chi connectivity index (χ1v) is 7.39. The summed E-state index contributed by atoms with van der Waals surface area (Å²) < 4.78 is 0. The number of hydrogen-bond acceptors (Lipinski definition) is 3. The third kappa shape index (κ3) is 6.15. The first-order valence-electron chi connectivity index (χ1n) is 6.00. The number of nitrogens with one attached hydrogen (secondary N) is 2. The van der Waals surface area contributed by atoms with Gasteiger partial charge in [0.15, 0.2) is 0 Å². The van der Waals surface area contributed by atoms with E-state index in [0.717, 1.165) is 11.3 Å². The van der Waals surface area contributed by atoms with Crippen LogP contribution in [0.2, 0.25) is 0 Å². The highest BCUT2D eigenvalue weighted by Gasteiger charge is 2.18. The molecule has 3 amide bonds. The number of thioether (sulfide) groups is 1. The fourth-order valence-corrected chi connectivity index (χ4v) is 2.06. The van der Waals surface area contributed by atoms with Gasteiger partial charge in [-0.2, -0.15) is 11.8 Å². The van der Waals surface area contributed by atoms with E-state index in [1.807, 2.05) is 36.6 Å². The molecule has 0 aliphatic heterocycles. The molecule has 0 heterocycles. The number of primary amides is 1. The second kappa shape index (κ2) is 8.42. The fraction of sp³-hybridized carbons (Fsp3) is 0.385. The van der Waals surface area contributed by atoms with Gasteiger partial charge in [-0.1, -0.05) is 30.3 Å². The van der Waals surface area contributed by atoms with Gasteiger partial charge in [0, 0.05) is 6.54 Å². The van der Waals surface area contributed by atoms with Gasteiger partial charge in [0.2, 0.25) is 5.91 Å². The van der Waals surface area contributed by atoms with Gasteiger partial charge in [-0.15, -0.1) is 0 Å². The number of amides is 3. The summed E-state index contributed by atoms with van der Waals surface area (Å²) in [5, 5.41) is 5.26. The summed E-state index contributed by atoms with van der Waals surface area (Å²) in [6, 6.07) is 8.34. The Labute approximate surface area is 117 Å². The van der Waals surface area contributed by atoms with Crippen LogP contribution in [0, 0.1) is 0 Å². The molecule has 1 atom stereocenters. The summed E-state index contributed by atoms with van der Waals surface area (Å²) in [6.45, 7) is 0.440. The van der Waals surface area contributed by atoms with E-state index in [9.17, 15) is 9.59 Å². The Kier molecular flexibility index (Phi) is 6.81. The zero-order chi connectivity index (χ0) is 14.1. The van der Waals surface area contributed by atoms with Crippen LogP contribution in [0.5, 0.6) is 0 Å². The molecule has 0 radical (unpaired) electrons. The highest BCUT2D eigenvalue weighted by Crippen LogP contribution is 2.02. The minimum Gasteiger partial charge on any atom is -0.352 e. The molecular weight excluding hydrogens is 262 g/mol. The van der Waals surface area contributed by atoms with E-state index in [2.05, 4.69) is 10.6 Å². The van der Waals surface area contributed by atoms with Crippen molar-refractivity contribution in [2.24, 2.45) is 5.73 Å². The maximum atomic E-state index is 12.0. The molecule has 5 nitrogen and oxygen atoms in total. The van der Waals surface area contributed by atoms with Gasteiger partial charge in [-0.3, -0.25) is 4.79 Å². The van der Waals surface area contributed by atoms with Gasteiger partial charge in [0.05, 0.1) is 0 Å². The van der Waals surface area contributed by atoms with Crippen molar-refractivity contribution in [1.82, 2.24) is 10.6 Å². The lowest BCUT2D eigenvalue weighted by Crippen LogP contribution is -2.48. The van der Waals surface area contributed by atoms with E-state index in [-0.39, 0.29) is 5.91 Å². The van der Waals surface area contributed by atoms with Crippen molar-refractivity contribution in [2.45, 2.75) is 19.0 Å². The van der Waals surface area contributed by atoms with Crippen LogP contribution >= 0.6 is 11.8 Å². The van der Waals surface area contributed by atoms with Crippen molar-refractivity contribution in [3.63, 3.8) is 0 Å². The van der Waals surface area contributed by atoms with Crippen molar-refractivity contribution in [2.75, 3.05) is 12.0 Å². The molecule has 1 aromatic carbocycles. The van der Waals surface area contributed by atoms with Crippen LogP contribution in [-0.2, 0) is 11.3 Å². The minimum atomic E-state index is -0.680. The predicted molar refractivity (Wildman–Crippen MR) is 77.8 cm³/mol. The minimum absolute atomic E-state index is 0.211. The molecule has 0 saturated heterocycles. The average molecular weight is 281 g/mol. The number of carbonyl (C=O) groups excluding carboxylic acids is 2. The van der Waals surface area contributed by atoms with Crippen LogP contribution in [0.1, 0.15) is 12.0 Å². The highest BCUT2D eigenvalue weighted by molar-refractivity contribution is 7.98. The lowest BCUT2D eigenvalue weighted by molar-refractivity contribution is -0.123. The lowest BCUT2D eigenvalue weighted by Gasteiger charge is -2.16. The third-order valence-electron chi connectivity index (χ3n) is 2.55. The molecule has 0 saturated carbocycles. The first-order chi connectivity index (χ1) is 9.13. The summed E-state index contributed by atoms with van der Waals surface area (Å²) in [5.41, 5.74) is 6.09. The number of urea groups is 1. The van der Waals surface area contributed by atoms with Crippen LogP contribution in [0.3, 0.4) is 0 Å². The molecule has 0 aliphatic carbocycles. The van der Waals surface area contributed by atoms with Crippen LogP contribution < -0.4 is 16.4 Å². The van der Waals surface area contributed by atoms with Gasteiger partial charge in [-0.05, 0) is 24.0 Å². The topological polar surface area (TPSA) is 84.2 Å². The summed E-state index contributed by atoms with van der Waals surface area (Å²) in [5.74, 6) is 0.570. The molecule has 1 aromatic rings. The average Bonchev–Trinajstić information content (AvgIpc) is 2.41. The molecule has 0 aliphatic rings. The molecule has 104 valence electrons. The summed E-state index contributed by atoms with van der Waals surface area (Å²) in [4.78, 5) is 22.8. The normalized spacial score (nSPS) is 11.6. The van der Waals surface area contributed by atoms with Crippen molar-refractivity contribution in [1.29, 1.82) is 0 Å². The van der Waals surface area contributed by atoms with Gasteiger partial charge in [0.25, 0.3) is 0 Å². The van der Waals surface area contributed by atoms with Crippen LogP contribution in [0.25, 0.3) is 0 Å². The molecule has 1 rings (SSSR count). The van der Waals surface area contributed by atoms with Gasteiger partial charge >= 0.3 is 6.03 Å². The lowest BCUT2D eigenvalue weighted by atomic mass is 10.2. The van der Waals surface area contributed by atoms with Gasteiger partial charge < -0.3 is 16.4 Å². The Morgan fingerprint density at radius 3 is 2.58 bits per heavy atom. The third-order valence-corrected chi connectivity index (χ3v) is 3.20. The smallest absolute Gasteiger partial charge is 0.312 e. The van der Waals surface area contributed by atoms with E-state index < -0.39 is 12.1 Å². The summed E-state index contributed by atoms with van der Waals surface area (Å²) in [6.07, 6.45) is 2.51. The SMILES string of the molecule is CSCCC(NC(N)=O)C(=O)NCc1ccccc1. The molecule has 1 unspecified atom stereocenters. The van der Waals surface area contributed by atoms with Crippen molar-refractivity contribution < 1.29 is 9.59 Å². The van der Waals surface area contributed by atoms with E-state index in [1.165, 1.54) is 0 Å². The zero-order valence-electron chi connectivity index (χ0n) is 10.9. The maximum Gasteiger partial charge on any atom is 0.312 e. The first kappa shape index (κ1) is 15.4. The quantitative estimate of drug-likeness (QED) is 0.699. The Bertz CT molecular complexity index is 412. The Morgan fingerprint density at radius 1 is 1.32 bits per heavy atom. The number of benzene rings is 1. The fourth-order valence-electron chi connectivity index (χ4n) is 1.58. The Hall–Kier alpha value is -1.69. The van der Waals surface area contributed by atoms with Crippen molar-refractivity contribution in [3.05, 3.63) is 35.9 Å². The molecule has 19 heavy (non-hydrogen) atoms. The van der Waals surface area contributed by atoms with Crippen molar-refractivity contribution >= 4 is 23.7 Å². The number of carbonyl (C=O) groups is 2. The monoisotopic (exact) mass is 281 g/mol. The summed E-state index contributed by atoms with van der Waals surface area (Å²) >= 11 is 1.62. The predicted octanol–water partition coefficient (Wildman–Crippen LogP) is 1.09. The van der Waals surface area contributed by atoms with Crippen molar-refractivity contribution in [3.8, 4) is 0 Å². The van der Waals surface area contributed by atoms with E-state index in [4.69, 9.17) is 5.73 Å². The molecule has 0 bridgehead atoms. The molecule has 4 N–H and O–H groups in total. The molecule has 0 spiro atoms.